The third kappa shape index (κ3) is 4.14. The van der Waals surface area contributed by atoms with E-state index < -0.39 is 0 Å². The maximum Gasteiger partial charge on any atom is 0.271 e. The van der Waals surface area contributed by atoms with E-state index in [1.54, 1.807) is 18.3 Å². The summed E-state index contributed by atoms with van der Waals surface area (Å²) in [6.45, 7) is 6.08. The van der Waals surface area contributed by atoms with Crippen molar-refractivity contribution in [2.75, 3.05) is 21.3 Å². The molecule has 0 fully saturated rings. The summed E-state index contributed by atoms with van der Waals surface area (Å²) in [4.78, 5) is 12.4. The van der Waals surface area contributed by atoms with E-state index in [0.29, 0.717) is 22.8 Å². The number of ether oxygens (including phenoxy) is 3. The Kier molecular flexibility index (Phi) is 6.22. The smallest absolute Gasteiger partial charge is 0.271 e. The van der Waals surface area contributed by atoms with E-state index in [1.807, 2.05) is 20.8 Å². The highest BCUT2D eigenvalue weighted by Crippen LogP contribution is 2.38. The first-order valence-electron chi connectivity index (χ1n) is 8.12. The second kappa shape index (κ2) is 8.38. The van der Waals surface area contributed by atoms with Crippen LogP contribution in [0.5, 0.6) is 17.2 Å². The first-order valence-corrected chi connectivity index (χ1v) is 8.12. The van der Waals surface area contributed by atoms with Crippen LogP contribution in [0.25, 0.3) is 0 Å². The van der Waals surface area contributed by atoms with Crippen LogP contribution in [0.3, 0.4) is 0 Å². The van der Waals surface area contributed by atoms with E-state index in [1.165, 1.54) is 26.9 Å². The van der Waals surface area contributed by atoms with Crippen LogP contribution in [-0.4, -0.2) is 33.5 Å². The van der Waals surface area contributed by atoms with E-state index in [2.05, 4.69) is 22.7 Å². The Bertz CT molecular complexity index is 796. The van der Waals surface area contributed by atoms with E-state index in [4.69, 9.17) is 14.2 Å². The van der Waals surface area contributed by atoms with E-state index in [-0.39, 0.29) is 5.91 Å². The zero-order valence-corrected chi connectivity index (χ0v) is 16.0. The fraction of sp³-hybridized carbons (Fsp3) is 0.300. The topological polar surface area (TPSA) is 69.2 Å². The highest BCUT2D eigenvalue weighted by atomic mass is 16.5. The Balaban J connectivity index is 2.23. The second-order valence-corrected chi connectivity index (χ2v) is 5.93. The molecule has 26 heavy (non-hydrogen) atoms. The van der Waals surface area contributed by atoms with Crippen molar-refractivity contribution in [2.24, 2.45) is 5.10 Å². The van der Waals surface area contributed by atoms with Crippen molar-refractivity contribution < 1.29 is 19.0 Å². The maximum absolute atomic E-state index is 12.4. The minimum atomic E-state index is -0.372. The Morgan fingerprint density at radius 2 is 1.46 bits per heavy atom. The number of nitrogens with zero attached hydrogens (tertiary/aromatic N) is 1. The molecule has 0 saturated heterocycles. The molecule has 0 aliphatic heterocycles. The van der Waals surface area contributed by atoms with Crippen LogP contribution >= 0.6 is 0 Å². The number of rotatable bonds is 6. The monoisotopic (exact) mass is 356 g/mol. The summed E-state index contributed by atoms with van der Waals surface area (Å²) in [5.74, 6) is 0.876. The van der Waals surface area contributed by atoms with Gasteiger partial charge in [0.1, 0.15) is 0 Å². The molecule has 0 aliphatic carbocycles. The lowest BCUT2D eigenvalue weighted by atomic mass is 10.0. The highest BCUT2D eigenvalue weighted by Gasteiger charge is 2.16. The molecule has 1 amide bonds. The van der Waals surface area contributed by atoms with Gasteiger partial charge in [0, 0.05) is 11.1 Å². The molecule has 0 bridgehead atoms. The summed E-state index contributed by atoms with van der Waals surface area (Å²) in [5.41, 5.74) is 7.28. The first kappa shape index (κ1) is 19.3. The predicted octanol–water partition coefficient (Wildman–Crippen LogP) is 3.40. The summed E-state index contributed by atoms with van der Waals surface area (Å²) in [7, 11) is 4.51. The van der Waals surface area contributed by atoms with Gasteiger partial charge in [-0.25, -0.2) is 5.43 Å². The summed E-state index contributed by atoms with van der Waals surface area (Å²) in [6.07, 6.45) is 1.65. The molecule has 0 atom stereocenters. The van der Waals surface area contributed by atoms with Gasteiger partial charge in [0.05, 0.1) is 27.5 Å². The maximum atomic E-state index is 12.4. The zero-order chi connectivity index (χ0) is 19.3. The van der Waals surface area contributed by atoms with Gasteiger partial charge >= 0.3 is 0 Å². The molecule has 0 radical (unpaired) electrons. The van der Waals surface area contributed by atoms with Crippen molar-refractivity contribution in [3.63, 3.8) is 0 Å². The largest absolute Gasteiger partial charge is 0.493 e. The lowest BCUT2D eigenvalue weighted by molar-refractivity contribution is 0.0954. The number of methoxy groups -OCH3 is 3. The third-order valence-electron chi connectivity index (χ3n) is 4.02. The average Bonchev–Trinajstić information content (AvgIpc) is 2.62. The molecule has 2 aromatic carbocycles. The molecule has 2 rings (SSSR count). The first-order chi connectivity index (χ1) is 12.4. The molecule has 0 aliphatic rings. The van der Waals surface area contributed by atoms with Crippen molar-refractivity contribution in [3.05, 3.63) is 52.1 Å². The van der Waals surface area contributed by atoms with Crippen LogP contribution in [-0.2, 0) is 0 Å². The minimum absolute atomic E-state index is 0.356. The Morgan fingerprint density at radius 3 is 1.92 bits per heavy atom. The molecule has 2 aromatic rings. The number of carbonyl (C=O) groups is 1. The van der Waals surface area contributed by atoms with Crippen molar-refractivity contribution in [1.82, 2.24) is 5.43 Å². The number of hydrazone groups is 1. The lowest BCUT2D eigenvalue weighted by Gasteiger charge is -2.13. The van der Waals surface area contributed by atoms with Gasteiger partial charge < -0.3 is 14.2 Å². The average molecular weight is 356 g/mol. The van der Waals surface area contributed by atoms with Gasteiger partial charge in [-0.3, -0.25) is 4.79 Å². The predicted molar refractivity (Wildman–Crippen MR) is 102 cm³/mol. The van der Waals surface area contributed by atoms with E-state index >= 15 is 0 Å². The molecule has 1 N–H and O–H groups in total. The summed E-state index contributed by atoms with van der Waals surface area (Å²) in [5, 5.41) is 4.09. The molecule has 6 heteroatoms. The molecule has 138 valence electrons. The molecule has 0 aromatic heterocycles. The van der Waals surface area contributed by atoms with Crippen LogP contribution in [0.2, 0.25) is 0 Å². The fourth-order valence-electron chi connectivity index (χ4n) is 2.83. The van der Waals surface area contributed by atoms with Gasteiger partial charge in [0.25, 0.3) is 5.91 Å². The zero-order valence-electron chi connectivity index (χ0n) is 16.0. The van der Waals surface area contributed by atoms with Gasteiger partial charge in [-0.1, -0.05) is 17.7 Å². The van der Waals surface area contributed by atoms with Crippen molar-refractivity contribution in [1.29, 1.82) is 0 Å². The van der Waals surface area contributed by atoms with Crippen LogP contribution in [0, 0.1) is 20.8 Å². The van der Waals surface area contributed by atoms with Crippen LogP contribution in [0.1, 0.15) is 32.6 Å². The summed E-state index contributed by atoms with van der Waals surface area (Å²) >= 11 is 0. The quantitative estimate of drug-likeness (QED) is 0.636. The number of amides is 1. The number of benzene rings is 2. The minimum Gasteiger partial charge on any atom is -0.493 e. The van der Waals surface area contributed by atoms with Crippen LogP contribution in [0.4, 0.5) is 0 Å². The van der Waals surface area contributed by atoms with Crippen molar-refractivity contribution >= 4 is 12.1 Å². The molecular formula is C20H24N2O4. The molecule has 0 saturated carbocycles. The van der Waals surface area contributed by atoms with Crippen LogP contribution in [0.15, 0.2) is 29.4 Å². The molecule has 0 spiro atoms. The molecule has 6 nitrogen and oxygen atoms in total. The van der Waals surface area contributed by atoms with Gasteiger partial charge in [0.15, 0.2) is 11.5 Å². The third-order valence-corrected chi connectivity index (χ3v) is 4.02. The number of carbonyl (C=O) groups excluding carboxylic acids is 1. The fourth-order valence-corrected chi connectivity index (χ4v) is 2.83. The Labute approximate surface area is 153 Å². The molecular weight excluding hydrogens is 332 g/mol. The van der Waals surface area contributed by atoms with Crippen molar-refractivity contribution in [2.45, 2.75) is 20.8 Å². The SMILES string of the molecule is COc1cc(C(=O)N/N=C\c2c(C)cc(C)cc2C)cc(OC)c1OC. The highest BCUT2D eigenvalue weighted by molar-refractivity contribution is 5.96. The lowest BCUT2D eigenvalue weighted by Crippen LogP contribution is -2.18. The second-order valence-electron chi connectivity index (χ2n) is 5.93. The molecule has 0 heterocycles. The Morgan fingerprint density at radius 1 is 0.923 bits per heavy atom. The Hall–Kier alpha value is -3.02. The van der Waals surface area contributed by atoms with Crippen molar-refractivity contribution in [3.8, 4) is 17.2 Å². The summed E-state index contributed by atoms with van der Waals surface area (Å²) < 4.78 is 15.8. The number of hydrogen-bond acceptors (Lipinski definition) is 5. The van der Waals surface area contributed by atoms with E-state index in [9.17, 15) is 4.79 Å². The standard InChI is InChI=1S/C20H24N2O4/c1-12-7-13(2)16(14(3)8-12)11-21-22-20(23)15-9-17(24-4)19(26-6)18(10-15)25-5/h7-11H,1-6H3,(H,22,23)/b21-11-. The number of nitrogens with one attached hydrogen (secondary N) is 1. The molecule has 0 unspecified atom stereocenters. The van der Waals surface area contributed by atoms with Crippen LogP contribution < -0.4 is 19.6 Å². The van der Waals surface area contributed by atoms with Gasteiger partial charge in [-0.2, -0.15) is 5.10 Å². The van der Waals surface area contributed by atoms with Gasteiger partial charge in [-0.05, 0) is 44.0 Å². The normalized spacial score (nSPS) is 10.7. The van der Waals surface area contributed by atoms with Gasteiger partial charge in [0.2, 0.25) is 5.75 Å². The number of hydrogen-bond donors (Lipinski definition) is 1. The summed E-state index contributed by atoms with van der Waals surface area (Å²) in [6, 6.07) is 7.31. The number of aryl methyl sites for hydroxylation is 3. The van der Waals surface area contributed by atoms with E-state index in [0.717, 1.165) is 16.7 Å². The van der Waals surface area contributed by atoms with Gasteiger partial charge in [-0.15, -0.1) is 0 Å².